The summed E-state index contributed by atoms with van der Waals surface area (Å²) in [5.74, 6) is 2.57. The van der Waals surface area contributed by atoms with Gasteiger partial charge in [0.15, 0.2) is 0 Å². The van der Waals surface area contributed by atoms with Crippen LogP contribution < -0.4 is 14.8 Å². The summed E-state index contributed by atoms with van der Waals surface area (Å²) in [6, 6.07) is 36.4. The minimum atomic E-state index is 0.659. The molecule has 0 fully saturated rings. The number of rotatable bonds is 9. The highest BCUT2D eigenvalue weighted by molar-refractivity contribution is 5.48. The molecule has 4 rings (SSSR count). The first-order chi connectivity index (χ1) is 14.9. The molecule has 3 heteroatoms. The normalized spacial score (nSPS) is 10.4. The molecular weight excluding hydrogens is 370 g/mol. The van der Waals surface area contributed by atoms with E-state index in [0.29, 0.717) is 13.2 Å². The second kappa shape index (κ2) is 10.2. The maximum absolute atomic E-state index is 6.06. The summed E-state index contributed by atoms with van der Waals surface area (Å²) < 4.78 is 11.9. The first kappa shape index (κ1) is 19.6. The fraction of sp³-hybridized carbons (Fsp3) is 0.111. The molecule has 0 aliphatic heterocycles. The molecule has 0 bridgehead atoms. The molecule has 0 saturated carbocycles. The van der Waals surface area contributed by atoms with Crippen molar-refractivity contribution in [1.29, 1.82) is 0 Å². The summed E-state index contributed by atoms with van der Waals surface area (Å²) in [5, 5.41) is 3.46. The number of hydrogen-bond acceptors (Lipinski definition) is 3. The zero-order valence-corrected chi connectivity index (χ0v) is 16.8. The van der Waals surface area contributed by atoms with Crippen molar-refractivity contribution in [3.8, 4) is 17.2 Å². The molecule has 0 spiro atoms. The summed E-state index contributed by atoms with van der Waals surface area (Å²) in [6.07, 6.45) is 0.894. The summed E-state index contributed by atoms with van der Waals surface area (Å²) >= 11 is 0. The molecule has 4 aromatic carbocycles. The minimum Gasteiger partial charge on any atom is -0.493 e. The Kier molecular flexibility index (Phi) is 6.64. The van der Waals surface area contributed by atoms with Crippen molar-refractivity contribution in [2.24, 2.45) is 0 Å². The molecule has 0 radical (unpaired) electrons. The average Bonchev–Trinajstić information content (AvgIpc) is 2.81. The Morgan fingerprint density at radius 3 is 2.00 bits per heavy atom. The van der Waals surface area contributed by atoms with Crippen LogP contribution in [0.25, 0.3) is 0 Å². The van der Waals surface area contributed by atoms with E-state index in [-0.39, 0.29) is 0 Å². The lowest BCUT2D eigenvalue weighted by Gasteiger charge is -2.13. The van der Waals surface area contributed by atoms with Gasteiger partial charge in [-0.15, -0.1) is 0 Å². The number of nitrogens with one attached hydrogen (secondary N) is 1. The lowest BCUT2D eigenvalue weighted by Crippen LogP contribution is -2.06. The standard InChI is InChI=1S/C27H25NO2/c1-3-9-22(10-4-1)19-20-29-27-14-8-7-11-23(27)21-28-24-15-17-26(18-16-24)30-25-12-5-2-6-13-25/h1-18,28H,19-21H2. The van der Waals surface area contributed by atoms with Crippen LogP contribution in [0.5, 0.6) is 17.2 Å². The molecule has 0 aromatic heterocycles. The summed E-state index contributed by atoms with van der Waals surface area (Å²) in [7, 11) is 0. The van der Waals surface area contributed by atoms with Gasteiger partial charge in [-0.2, -0.15) is 0 Å². The Morgan fingerprint density at radius 2 is 1.23 bits per heavy atom. The maximum Gasteiger partial charge on any atom is 0.127 e. The molecule has 0 aliphatic rings. The Balaban J connectivity index is 1.31. The van der Waals surface area contributed by atoms with Crippen LogP contribution in [0.4, 0.5) is 5.69 Å². The molecule has 3 nitrogen and oxygen atoms in total. The number of hydrogen-bond donors (Lipinski definition) is 1. The van der Waals surface area contributed by atoms with Gasteiger partial charge >= 0.3 is 0 Å². The van der Waals surface area contributed by atoms with Gasteiger partial charge < -0.3 is 14.8 Å². The van der Waals surface area contributed by atoms with Gasteiger partial charge in [0, 0.05) is 24.2 Å². The van der Waals surface area contributed by atoms with E-state index in [2.05, 4.69) is 35.6 Å². The van der Waals surface area contributed by atoms with E-state index in [1.807, 2.05) is 78.9 Å². The second-order valence-corrected chi connectivity index (χ2v) is 6.98. The lowest BCUT2D eigenvalue weighted by molar-refractivity contribution is 0.319. The molecule has 0 heterocycles. The van der Waals surface area contributed by atoms with Crippen LogP contribution in [0, 0.1) is 0 Å². The molecule has 30 heavy (non-hydrogen) atoms. The molecular formula is C27H25NO2. The Bertz CT molecular complexity index is 1030. The van der Waals surface area contributed by atoms with Crippen molar-refractivity contribution in [3.05, 3.63) is 120 Å². The zero-order chi connectivity index (χ0) is 20.4. The van der Waals surface area contributed by atoms with Gasteiger partial charge in [0.1, 0.15) is 17.2 Å². The maximum atomic E-state index is 6.06. The second-order valence-electron chi connectivity index (χ2n) is 6.98. The van der Waals surface area contributed by atoms with E-state index in [9.17, 15) is 0 Å². The third kappa shape index (κ3) is 5.65. The van der Waals surface area contributed by atoms with E-state index in [1.54, 1.807) is 0 Å². The molecule has 0 saturated heterocycles. The molecule has 1 N–H and O–H groups in total. The van der Waals surface area contributed by atoms with E-state index in [0.717, 1.165) is 34.9 Å². The van der Waals surface area contributed by atoms with Crippen LogP contribution in [-0.4, -0.2) is 6.61 Å². The summed E-state index contributed by atoms with van der Waals surface area (Å²) in [5.41, 5.74) is 3.45. The number of anilines is 1. The molecule has 4 aromatic rings. The Labute approximate surface area is 177 Å². The minimum absolute atomic E-state index is 0.659. The average molecular weight is 396 g/mol. The quantitative estimate of drug-likeness (QED) is 0.341. The van der Waals surface area contributed by atoms with E-state index >= 15 is 0 Å². The summed E-state index contributed by atoms with van der Waals surface area (Å²) in [4.78, 5) is 0. The SMILES string of the molecule is c1ccc(CCOc2ccccc2CNc2ccc(Oc3ccccc3)cc2)cc1. The van der Waals surface area contributed by atoms with E-state index in [1.165, 1.54) is 5.56 Å². The highest BCUT2D eigenvalue weighted by Gasteiger charge is 2.04. The Morgan fingerprint density at radius 1 is 0.600 bits per heavy atom. The van der Waals surface area contributed by atoms with Gasteiger partial charge in [0.25, 0.3) is 0 Å². The number of benzene rings is 4. The van der Waals surface area contributed by atoms with E-state index < -0.39 is 0 Å². The van der Waals surface area contributed by atoms with Gasteiger partial charge in [-0.25, -0.2) is 0 Å². The molecule has 0 amide bonds. The largest absolute Gasteiger partial charge is 0.493 e. The predicted molar refractivity (Wildman–Crippen MR) is 122 cm³/mol. The van der Waals surface area contributed by atoms with Gasteiger partial charge in [-0.1, -0.05) is 66.7 Å². The Hall–Kier alpha value is -3.72. The van der Waals surface area contributed by atoms with Gasteiger partial charge in [-0.3, -0.25) is 0 Å². The van der Waals surface area contributed by atoms with Crippen LogP contribution in [0.2, 0.25) is 0 Å². The van der Waals surface area contributed by atoms with Crippen molar-refractivity contribution in [3.63, 3.8) is 0 Å². The van der Waals surface area contributed by atoms with E-state index in [4.69, 9.17) is 9.47 Å². The topological polar surface area (TPSA) is 30.5 Å². The van der Waals surface area contributed by atoms with Crippen LogP contribution in [-0.2, 0) is 13.0 Å². The summed E-state index contributed by atoms with van der Waals surface area (Å²) in [6.45, 7) is 1.35. The molecule has 0 atom stereocenters. The lowest BCUT2D eigenvalue weighted by atomic mass is 10.1. The van der Waals surface area contributed by atoms with Crippen molar-refractivity contribution in [2.75, 3.05) is 11.9 Å². The van der Waals surface area contributed by atoms with Gasteiger partial charge in [-0.05, 0) is 48.0 Å². The molecule has 0 aliphatic carbocycles. The zero-order valence-electron chi connectivity index (χ0n) is 16.8. The number of para-hydroxylation sites is 2. The van der Waals surface area contributed by atoms with Crippen molar-refractivity contribution < 1.29 is 9.47 Å². The van der Waals surface area contributed by atoms with Crippen molar-refractivity contribution in [2.45, 2.75) is 13.0 Å². The third-order valence-corrected chi connectivity index (χ3v) is 4.78. The fourth-order valence-electron chi connectivity index (χ4n) is 3.18. The smallest absolute Gasteiger partial charge is 0.127 e. The van der Waals surface area contributed by atoms with Gasteiger partial charge in [0.05, 0.1) is 6.61 Å². The predicted octanol–water partition coefficient (Wildman–Crippen LogP) is 6.71. The highest BCUT2D eigenvalue weighted by atomic mass is 16.5. The van der Waals surface area contributed by atoms with Gasteiger partial charge in [0.2, 0.25) is 0 Å². The molecule has 0 unspecified atom stereocenters. The first-order valence-electron chi connectivity index (χ1n) is 10.2. The van der Waals surface area contributed by atoms with Crippen molar-refractivity contribution in [1.82, 2.24) is 0 Å². The fourth-order valence-corrected chi connectivity index (χ4v) is 3.18. The monoisotopic (exact) mass is 395 g/mol. The third-order valence-electron chi connectivity index (χ3n) is 4.78. The number of ether oxygens (including phenoxy) is 2. The van der Waals surface area contributed by atoms with Crippen LogP contribution >= 0.6 is 0 Å². The van der Waals surface area contributed by atoms with Crippen molar-refractivity contribution >= 4 is 5.69 Å². The molecule has 150 valence electrons. The van der Waals surface area contributed by atoms with Crippen LogP contribution in [0.1, 0.15) is 11.1 Å². The van der Waals surface area contributed by atoms with Crippen LogP contribution in [0.15, 0.2) is 109 Å². The van der Waals surface area contributed by atoms with Crippen LogP contribution in [0.3, 0.4) is 0 Å². The first-order valence-corrected chi connectivity index (χ1v) is 10.2. The highest BCUT2D eigenvalue weighted by Crippen LogP contribution is 2.24.